The van der Waals surface area contributed by atoms with E-state index in [-0.39, 0.29) is 11.8 Å². The molecule has 1 aromatic rings. The smallest absolute Gasteiger partial charge is 0.153 e. The van der Waals surface area contributed by atoms with E-state index in [4.69, 9.17) is 0 Å². The van der Waals surface area contributed by atoms with Gasteiger partial charge < -0.3 is 10.2 Å². The van der Waals surface area contributed by atoms with Gasteiger partial charge in [-0.3, -0.25) is 0 Å². The molecule has 1 N–H and O–H groups in total. The summed E-state index contributed by atoms with van der Waals surface area (Å²) >= 11 is 1.76. The van der Waals surface area contributed by atoms with Gasteiger partial charge in [-0.15, -0.1) is 11.3 Å². The molecular weight excluding hydrogens is 268 g/mol. The van der Waals surface area contributed by atoms with Gasteiger partial charge in [-0.2, -0.15) is 0 Å². The number of nitrogens with zero attached hydrogens (tertiary/aromatic N) is 1. The first kappa shape index (κ1) is 14.0. The second kappa shape index (κ2) is 6.14. The Labute approximate surface area is 113 Å². The van der Waals surface area contributed by atoms with E-state index >= 15 is 0 Å². The third kappa shape index (κ3) is 4.35. The van der Waals surface area contributed by atoms with Crippen molar-refractivity contribution in [2.24, 2.45) is 0 Å². The number of rotatable bonds is 5. The molecule has 0 amide bonds. The monoisotopic (exact) mass is 288 g/mol. The predicted molar refractivity (Wildman–Crippen MR) is 75.7 cm³/mol. The molecule has 2 rings (SSSR count). The van der Waals surface area contributed by atoms with Gasteiger partial charge in [0, 0.05) is 24.0 Å². The summed E-state index contributed by atoms with van der Waals surface area (Å²) in [7, 11) is -0.728. The van der Waals surface area contributed by atoms with Crippen molar-refractivity contribution in [1.82, 2.24) is 10.2 Å². The Morgan fingerprint density at radius 1 is 1.56 bits per heavy atom. The van der Waals surface area contributed by atoms with Crippen LogP contribution < -0.4 is 5.32 Å². The molecule has 1 fully saturated rings. The second-order valence-corrected chi connectivity index (χ2v) is 8.13. The molecule has 0 aliphatic carbocycles. The highest BCUT2D eigenvalue weighted by atomic mass is 32.2. The maximum absolute atomic E-state index is 11.5. The van der Waals surface area contributed by atoms with Crippen LogP contribution in [0.5, 0.6) is 0 Å². The first-order valence-electron chi connectivity index (χ1n) is 6.20. The minimum Gasteiger partial charge on any atom is -0.312 e. The minimum atomic E-state index is -2.81. The molecule has 0 aromatic carbocycles. The van der Waals surface area contributed by atoms with Crippen LogP contribution in [0.15, 0.2) is 17.5 Å². The zero-order valence-electron chi connectivity index (χ0n) is 10.6. The van der Waals surface area contributed by atoms with Gasteiger partial charge in [-0.25, -0.2) is 8.42 Å². The Morgan fingerprint density at radius 3 is 3.06 bits per heavy atom. The van der Waals surface area contributed by atoms with Crippen LogP contribution in [0.2, 0.25) is 0 Å². The van der Waals surface area contributed by atoms with Gasteiger partial charge in [0.1, 0.15) is 0 Å². The fourth-order valence-electron chi connectivity index (χ4n) is 2.18. The Hall–Kier alpha value is -0.430. The summed E-state index contributed by atoms with van der Waals surface area (Å²) < 4.78 is 23.0. The van der Waals surface area contributed by atoms with E-state index < -0.39 is 9.84 Å². The molecule has 1 atom stereocenters. The van der Waals surface area contributed by atoms with Crippen LogP contribution >= 0.6 is 11.3 Å². The van der Waals surface area contributed by atoms with Gasteiger partial charge in [0.05, 0.1) is 11.5 Å². The molecule has 1 unspecified atom stereocenters. The molecule has 0 radical (unpaired) electrons. The molecule has 0 spiro atoms. The van der Waals surface area contributed by atoms with Crippen LogP contribution in [0, 0.1) is 0 Å². The lowest BCUT2D eigenvalue weighted by molar-refractivity contribution is 0.306. The molecule has 1 aliphatic rings. The molecule has 0 bridgehead atoms. The topological polar surface area (TPSA) is 49.4 Å². The molecule has 1 saturated heterocycles. The molecule has 6 heteroatoms. The van der Waals surface area contributed by atoms with Crippen molar-refractivity contribution < 1.29 is 8.42 Å². The van der Waals surface area contributed by atoms with Crippen LogP contribution in [-0.2, 0) is 16.4 Å². The lowest BCUT2D eigenvalue weighted by Crippen LogP contribution is -2.46. The average molecular weight is 288 g/mol. The lowest BCUT2D eigenvalue weighted by atomic mass is 10.2. The SMILES string of the molecule is CN(CCC1CS(=O)(=O)CCN1)Cc1cccs1. The van der Waals surface area contributed by atoms with Crippen LogP contribution in [0.3, 0.4) is 0 Å². The second-order valence-electron chi connectivity index (χ2n) is 4.87. The minimum absolute atomic E-state index is 0.120. The highest BCUT2D eigenvalue weighted by molar-refractivity contribution is 7.91. The number of hydrogen-bond donors (Lipinski definition) is 1. The first-order valence-corrected chi connectivity index (χ1v) is 8.90. The van der Waals surface area contributed by atoms with Gasteiger partial charge in [-0.1, -0.05) is 6.07 Å². The fraction of sp³-hybridized carbons (Fsp3) is 0.667. The van der Waals surface area contributed by atoms with Gasteiger partial charge >= 0.3 is 0 Å². The number of nitrogens with one attached hydrogen (secondary N) is 1. The van der Waals surface area contributed by atoms with Crippen LogP contribution in [0.25, 0.3) is 0 Å². The summed E-state index contributed by atoms with van der Waals surface area (Å²) in [5.74, 6) is 0.578. The Morgan fingerprint density at radius 2 is 2.39 bits per heavy atom. The summed E-state index contributed by atoms with van der Waals surface area (Å²) in [6.45, 7) is 2.46. The third-order valence-electron chi connectivity index (χ3n) is 3.17. The van der Waals surface area contributed by atoms with Crippen molar-refractivity contribution in [3.63, 3.8) is 0 Å². The molecule has 0 saturated carbocycles. The number of hydrogen-bond acceptors (Lipinski definition) is 5. The molecule has 1 aromatic heterocycles. The maximum atomic E-state index is 11.5. The van der Waals surface area contributed by atoms with Crippen LogP contribution in [0.1, 0.15) is 11.3 Å². The summed E-state index contributed by atoms with van der Waals surface area (Å²) in [4.78, 5) is 3.59. The number of thiophene rings is 1. The Bertz CT molecular complexity index is 456. The summed E-state index contributed by atoms with van der Waals surface area (Å²) in [6.07, 6.45) is 0.890. The third-order valence-corrected chi connectivity index (χ3v) is 5.76. The molecule has 18 heavy (non-hydrogen) atoms. The molecule has 2 heterocycles. The maximum Gasteiger partial charge on any atom is 0.153 e. The van der Waals surface area contributed by atoms with Crippen molar-refractivity contribution in [3.8, 4) is 0 Å². The van der Waals surface area contributed by atoms with Crippen molar-refractivity contribution >= 4 is 21.2 Å². The summed E-state index contributed by atoms with van der Waals surface area (Å²) in [5.41, 5.74) is 0. The normalized spacial score (nSPS) is 23.3. The molecule has 4 nitrogen and oxygen atoms in total. The van der Waals surface area contributed by atoms with Gasteiger partial charge in [0.15, 0.2) is 9.84 Å². The Balaban J connectivity index is 1.74. The van der Waals surface area contributed by atoms with Crippen molar-refractivity contribution in [2.75, 3.05) is 31.6 Å². The lowest BCUT2D eigenvalue weighted by Gasteiger charge is -2.25. The Kier molecular flexibility index (Phi) is 4.77. The van der Waals surface area contributed by atoms with Crippen molar-refractivity contribution in [2.45, 2.75) is 19.0 Å². The molecular formula is C12H20N2O2S2. The van der Waals surface area contributed by atoms with E-state index in [1.807, 2.05) is 0 Å². The summed E-state index contributed by atoms with van der Waals surface area (Å²) in [6, 6.07) is 4.31. The van der Waals surface area contributed by atoms with E-state index in [0.29, 0.717) is 12.3 Å². The van der Waals surface area contributed by atoms with E-state index in [2.05, 4.69) is 34.8 Å². The summed E-state index contributed by atoms with van der Waals surface area (Å²) in [5, 5.41) is 5.37. The average Bonchev–Trinajstić information content (AvgIpc) is 2.78. The zero-order chi connectivity index (χ0) is 13.0. The predicted octanol–water partition coefficient (Wildman–Crippen LogP) is 0.957. The van der Waals surface area contributed by atoms with Crippen LogP contribution in [0.4, 0.5) is 0 Å². The van der Waals surface area contributed by atoms with Crippen molar-refractivity contribution in [1.29, 1.82) is 0 Å². The van der Waals surface area contributed by atoms with E-state index in [1.54, 1.807) is 11.3 Å². The van der Waals surface area contributed by atoms with Gasteiger partial charge in [-0.05, 0) is 31.5 Å². The fourth-order valence-corrected chi connectivity index (χ4v) is 4.45. The molecule has 102 valence electrons. The van der Waals surface area contributed by atoms with Gasteiger partial charge in [0.2, 0.25) is 0 Å². The van der Waals surface area contributed by atoms with E-state index in [1.165, 1.54) is 4.88 Å². The van der Waals surface area contributed by atoms with E-state index in [0.717, 1.165) is 19.5 Å². The zero-order valence-corrected chi connectivity index (χ0v) is 12.3. The van der Waals surface area contributed by atoms with Gasteiger partial charge in [0.25, 0.3) is 0 Å². The first-order chi connectivity index (χ1) is 8.55. The van der Waals surface area contributed by atoms with Crippen molar-refractivity contribution in [3.05, 3.63) is 22.4 Å². The van der Waals surface area contributed by atoms with Crippen LogP contribution in [-0.4, -0.2) is 51.0 Å². The van der Waals surface area contributed by atoms with E-state index in [9.17, 15) is 8.42 Å². The quantitative estimate of drug-likeness (QED) is 0.877. The number of sulfone groups is 1. The highest BCUT2D eigenvalue weighted by Gasteiger charge is 2.23. The highest BCUT2D eigenvalue weighted by Crippen LogP contribution is 2.12. The largest absolute Gasteiger partial charge is 0.312 e. The molecule has 1 aliphatic heterocycles. The standard InChI is InChI=1S/C12H20N2O2S2/c1-14(9-12-3-2-7-17-12)6-4-11-10-18(15,16)8-5-13-11/h2-3,7,11,13H,4-6,8-10H2,1H3.